The number of hydrogen-bond acceptors (Lipinski definition) is 6. The number of anilines is 1. The van der Waals surface area contributed by atoms with Gasteiger partial charge in [-0.25, -0.2) is 9.37 Å². The molecule has 0 bridgehead atoms. The highest BCUT2D eigenvalue weighted by atomic mass is 32.1. The van der Waals surface area contributed by atoms with Gasteiger partial charge in [0.2, 0.25) is 6.79 Å². The highest BCUT2D eigenvalue weighted by Crippen LogP contribution is 2.40. The maximum Gasteiger partial charge on any atom is 0.260 e. The largest absolute Gasteiger partial charge is 0.454 e. The first kappa shape index (κ1) is 19.6. The van der Waals surface area contributed by atoms with E-state index in [9.17, 15) is 9.18 Å². The number of benzene rings is 2. The number of hydrogen-bond donors (Lipinski definition) is 0. The van der Waals surface area contributed by atoms with Gasteiger partial charge in [0.15, 0.2) is 16.6 Å². The van der Waals surface area contributed by atoms with Crippen LogP contribution in [0.5, 0.6) is 11.5 Å². The average molecular weight is 415 g/mol. The second-order valence-corrected chi connectivity index (χ2v) is 7.67. The number of likely N-dealkylation sites (N-methyl/N-ethyl adjacent to an activating group) is 1. The van der Waals surface area contributed by atoms with Crippen LogP contribution in [0.15, 0.2) is 36.4 Å². The first-order valence-corrected chi connectivity index (χ1v) is 10.4. The lowest BCUT2D eigenvalue weighted by atomic mass is 10.2. The minimum absolute atomic E-state index is 0.202. The van der Waals surface area contributed by atoms with E-state index in [1.807, 2.05) is 12.1 Å². The molecule has 2 heterocycles. The molecule has 0 atom stereocenters. The van der Waals surface area contributed by atoms with Crippen LogP contribution in [-0.4, -0.2) is 48.8 Å². The number of halogens is 1. The van der Waals surface area contributed by atoms with Gasteiger partial charge in [0.05, 0.1) is 10.2 Å². The lowest BCUT2D eigenvalue weighted by molar-refractivity contribution is 0.0983. The predicted octanol–water partition coefficient (Wildman–Crippen LogP) is 4.15. The summed E-state index contributed by atoms with van der Waals surface area (Å²) < 4.78 is 25.5. The van der Waals surface area contributed by atoms with Gasteiger partial charge in [0.25, 0.3) is 5.91 Å². The Hall–Kier alpha value is -2.71. The molecule has 0 N–H and O–H groups in total. The van der Waals surface area contributed by atoms with Gasteiger partial charge in [-0.05, 0) is 31.3 Å². The molecule has 0 radical (unpaired) electrons. The van der Waals surface area contributed by atoms with E-state index >= 15 is 0 Å². The van der Waals surface area contributed by atoms with Crippen LogP contribution in [0, 0.1) is 5.82 Å². The third-order valence-corrected chi connectivity index (χ3v) is 5.99. The van der Waals surface area contributed by atoms with Crippen LogP contribution in [0.3, 0.4) is 0 Å². The van der Waals surface area contributed by atoms with Crippen molar-refractivity contribution in [2.45, 2.75) is 13.8 Å². The molecule has 8 heteroatoms. The van der Waals surface area contributed by atoms with Gasteiger partial charge in [0.1, 0.15) is 5.82 Å². The number of carbonyl (C=O) groups is 1. The Bertz CT molecular complexity index is 994. The van der Waals surface area contributed by atoms with Crippen LogP contribution in [0.25, 0.3) is 10.2 Å². The summed E-state index contributed by atoms with van der Waals surface area (Å²) in [4.78, 5) is 21.7. The van der Waals surface area contributed by atoms with Gasteiger partial charge < -0.3 is 14.4 Å². The summed E-state index contributed by atoms with van der Waals surface area (Å²) in [5, 5.41) is 0.574. The van der Waals surface area contributed by atoms with Crippen LogP contribution in [0.4, 0.5) is 9.52 Å². The molecule has 0 aliphatic carbocycles. The van der Waals surface area contributed by atoms with Gasteiger partial charge >= 0.3 is 0 Å². The summed E-state index contributed by atoms with van der Waals surface area (Å²) in [6, 6.07) is 9.47. The molecule has 152 valence electrons. The van der Waals surface area contributed by atoms with Crippen molar-refractivity contribution in [1.82, 2.24) is 9.88 Å². The van der Waals surface area contributed by atoms with E-state index in [4.69, 9.17) is 9.47 Å². The van der Waals surface area contributed by atoms with Crippen LogP contribution in [0.2, 0.25) is 0 Å². The topological polar surface area (TPSA) is 54.9 Å². The van der Waals surface area contributed by atoms with Gasteiger partial charge in [-0.2, -0.15) is 0 Å². The first-order chi connectivity index (χ1) is 14.1. The maximum atomic E-state index is 13.7. The fourth-order valence-electron chi connectivity index (χ4n) is 3.26. The zero-order valence-corrected chi connectivity index (χ0v) is 17.2. The monoisotopic (exact) mass is 415 g/mol. The Morgan fingerprint density at radius 1 is 1.14 bits per heavy atom. The summed E-state index contributed by atoms with van der Waals surface area (Å²) in [6.45, 7) is 7.31. The minimum atomic E-state index is -0.436. The summed E-state index contributed by atoms with van der Waals surface area (Å²) >= 11 is 1.41. The third kappa shape index (κ3) is 4.04. The van der Waals surface area contributed by atoms with E-state index in [0.717, 1.165) is 23.3 Å². The normalized spacial score (nSPS) is 12.7. The van der Waals surface area contributed by atoms with E-state index in [1.54, 1.807) is 17.0 Å². The number of rotatable bonds is 7. The number of thiazole rings is 1. The molecule has 4 rings (SSSR count). The molecule has 0 saturated carbocycles. The number of carbonyl (C=O) groups excluding carboxylic acids is 1. The summed E-state index contributed by atoms with van der Waals surface area (Å²) in [7, 11) is 0. The first-order valence-electron chi connectivity index (χ1n) is 9.59. The number of ether oxygens (including phenoxy) is 2. The zero-order chi connectivity index (χ0) is 20.4. The SMILES string of the molecule is CCN(CC)CCN(C(=O)c1cccc(F)c1)c1nc2cc3c(cc2s1)OCO3. The number of aromatic nitrogens is 1. The van der Waals surface area contributed by atoms with Crippen molar-refractivity contribution in [1.29, 1.82) is 0 Å². The number of amides is 1. The maximum absolute atomic E-state index is 13.7. The number of nitrogens with zero attached hydrogens (tertiary/aromatic N) is 3. The van der Waals surface area contributed by atoms with Crippen molar-refractivity contribution < 1.29 is 18.7 Å². The average Bonchev–Trinajstić information content (AvgIpc) is 3.34. The van der Waals surface area contributed by atoms with Crippen molar-refractivity contribution >= 4 is 32.6 Å². The fourth-order valence-corrected chi connectivity index (χ4v) is 4.26. The van der Waals surface area contributed by atoms with E-state index in [0.29, 0.717) is 35.3 Å². The lowest BCUT2D eigenvalue weighted by Gasteiger charge is -2.24. The smallest absolute Gasteiger partial charge is 0.260 e. The second kappa shape index (κ2) is 8.34. The Labute approximate surface area is 172 Å². The Balaban J connectivity index is 1.69. The minimum Gasteiger partial charge on any atom is -0.454 e. The molecule has 1 aliphatic rings. The summed E-state index contributed by atoms with van der Waals surface area (Å²) in [5.74, 6) is 0.629. The highest BCUT2D eigenvalue weighted by Gasteiger charge is 2.24. The molecule has 1 aromatic heterocycles. The van der Waals surface area contributed by atoms with Crippen LogP contribution in [-0.2, 0) is 0 Å². The molecule has 2 aromatic carbocycles. The molecular weight excluding hydrogens is 393 g/mol. The molecule has 29 heavy (non-hydrogen) atoms. The Morgan fingerprint density at radius 3 is 2.62 bits per heavy atom. The van der Waals surface area contributed by atoms with Crippen molar-refractivity contribution in [3.05, 3.63) is 47.8 Å². The lowest BCUT2D eigenvalue weighted by Crippen LogP contribution is -2.38. The third-order valence-electron chi connectivity index (χ3n) is 4.95. The molecule has 0 spiro atoms. The van der Waals surface area contributed by atoms with Crippen molar-refractivity contribution in [3.8, 4) is 11.5 Å². The van der Waals surface area contributed by atoms with E-state index in [1.165, 1.54) is 23.5 Å². The Kier molecular flexibility index (Phi) is 5.64. The Morgan fingerprint density at radius 2 is 1.90 bits per heavy atom. The highest BCUT2D eigenvalue weighted by molar-refractivity contribution is 7.22. The summed E-state index contributed by atoms with van der Waals surface area (Å²) in [5.41, 5.74) is 1.05. The molecule has 1 aliphatic heterocycles. The summed E-state index contributed by atoms with van der Waals surface area (Å²) in [6.07, 6.45) is 0. The molecule has 0 unspecified atom stereocenters. The van der Waals surface area contributed by atoms with Gasteiger partial charge in [-0.15, -0.1) is 0 Å². The molecule has 0 fully saturated rings. The van der Waals surface area contributed by atoms with Crippen LogP contribution >= 0.6 is 11.3 Å². The van der Waals surface area contributed by atoms with Gasteiger partial charge in [-0.1, -0.05) is 31.3 Å². The van der Waals surface area contributed by atoms with Gasteiger partial charge in [0, 0.05) is 30.8 Å². The molecule has 3 aromatic rings. The predicted molar refractivity (Wildman–Crippen MR) is 112 cm³/mol. The standard InChI is InChI=1S/C21H22FN3O3S/c1-3-24(4-2)8-9-25(20(26)14-6-5-7-15(22)10-14)21-23-16-11-17-18(28-13-27-17)12-19(16)29-21/h5-7,10-12H,3-4,8-9,13H2,1-2H3. The molecule has 0 saturated heterocycles. The van der Waals surface area contributed by atoms with Crippen LogP contribution in [0.1, 0.15) is 24.2 Å². The van der Waals surface area contributed by atoms with Crippen molar-refractivity contribution in [2.75, 3.05) is 37.9 Å². The van der Waals surface area contributed by atoms with Gasteiger partial charge in [-0.3, -0.25) is 9.69 Å². The van der Waals surface area contributed by atoms with Crippen molar-refractivity contribution in [2.24, 2.45) is 0 Å². The fraction of sp³-hybridized carbons (Fsp3) is 0.333. The van der Waals surface area contributed by atoms with Crippen molar-refractivity contribution in [3.63, 3.8) is 0 Å². The molecular formula is C21H22FN3O3S. The quantitative estimate of drug-likeness (QED) is 0.580. The molecule has 1 amide bonds. The second-order valence-electron chi connectivity index (χ2n) is 6.66. The number of fused-ring (bicyclic) bond motifs is 2. The van der Waals surface area contributed by atoms with E-state index in [2.05, 4.69) is 23.7 Å². The van der Waals surface area contributed by atoms with E-state index < -0.39 is 5.82 Å². The van der Waals surface area contributed by atoms with Crippen LogP contribution < -0.4 is 14.4 Å². The zero-order valence-electron chi connectivity index (χ0n) is 16.4. The molecule has 6 nitrogen and oxygen atoms in total. The van der Waals surface area contributed by atoms with E-state index in [-0.39, 0.29) is 12.7 Å².